The second-order valence-electron chi connectivity index (χ2n) is 4.80. The largest absolute Gasteiger partial charge is 0.496 e. The van der Waals surface area contributed by atoms with Gasteiger partial charge in [0, 0.05) is 11.6 Å². The van der Waals surface area contributed by atoms with Crippen LogP contribution in [0.15, 0.2) is 17.7 Å². The molecule has 1 aromatic rings. The second kappa shape index (κ2) is 6.98. The first-order valence-electron chi connectivity index (χ1n) is 6.77. The summed E-state index contributed by atoms with van der Waals surface area (Å²) < 4.78 is 55.3. The summed E-state index contributed by atoms with van der Waals surface area (Å²) >= 11 is 1.99. The molecule has 0 aliphatic carbocycles. The fourth-order valence-corrected chi connectivity index (χ4v) is 2.75. The van der Waals surface area contributed by atoms with Gasteiger partial charge in [-0.15, -0.1) is 0 Å². The zero-order valence-electron chi connectivity index (χ0n) is 12.4. The topological polar surface area (TPSA) is 44.8 Å². The molecule has 8 heteroatoms. The summed E-state index contributed by atoms with van der Waals surface area (Å²) in [7, 11) is 1.41. The normalized spacial score (nSPS) is 17.0. The number of methoxy groups -OCH3 is 1. The maximum atomic E-state index is 13.2. The molecule has 1 heterocycles. The highest BCUT2D eigenvalue weighted by Crippen LogP contribution is 2.40. The first-order valence-corrected chi connectivity index (χ1v) is 7.85. The average molecular weight is 442 g/mol. The minimum Gasteiger partial charge on any atom is -0.496 e. The Morgan fingerprint density at radius 2 is 2.09 bits per heavy atom. The van der Waals surface area contributed by atoms with Crippen LogP contribution in [0.2, 0.25) is 0 Å². The molecule has 0 radical (unpaired) electrons. The molecule has 2 rings (SSSR count). The first-order chi connectivity index (χ1) is 10.8. The zero-order valence-corrected chi connectivity index (χ0v) is 14.5. The van der Waals surface area contributed by atoms with Crippen LogP contribution in [-0.2, 0) is 9.53 Å². The number of fused-ring (bicyclic) bond motifs is 1. The van der Waals surface area contributed by atoms with Crippen LogP contribution in [0.25, 0.3) is 6.08 Å². The summed E-state index contributed by atoms with van der Waals surface area (Å²) in [6.07, 6.45) is -5.41. The van der Waals surface area contributed by atoms with Crippen molar-refractivity contribution in [1.29, 1.82) is 0 Å². The van der Waals surface area contributed by atoms with Gasteiger partial charge < -0.3 is 14.2 Å². The SMILES string of the molecule is CCCOC(=O)C1=Cc2cc(I)c(OC)cc2OC1C(F)(F)F. The molecule has 0 amide bonds. The number of benzene rings is 1. The molecule has 4 nitrogen and oxygen atoms in total. The van der Waals surface area contributed by atoms with E-state index in [1.807, 2.05) is 22.6 Å². The van der Waals surface area contributed by atoms with E-state index in [4.69, 9.17) is 14.2 Å². The lowest BCUT2D eigenvalue weighted by molar-refractivity contribution is -0.188. The summed E-state index contributed by atoms with van der Waals surface area (Å²) in [6.45, 7) is 1.80. The number of hydrogen-bond donors (Lipinski definition) is 0. The van der Waals surface area contributed by atoms with Crippen molar-refractivity contribution >= 4 is 34.6 Å². The third-order valence-electron chi connectivity index (χ3n) is 3.09. The zero-order chi connectivity index (χ0) is 17.2. The molecular weight excluding hydrogens is 428 g/mol. The maximum absolute atomic E-state index is 13.2. The van der Waals surface area contributed by atoms with Crippen LogP contribution in [0.4, 0.5) is 13.2 Å². The van der Waals surface area contributed by atoms with Gasteiger partial charge in [0.25, 0.3) is 0 Å². The van der Waals surface area contributed by atoms with Crippen molar-refractivity contribution in [3.63, 3.8) is 0 Å². The van der Waals surface area contributed by atoms with Crippen molar-refractivity contribution < 1.29 is 32.2 Å². The Kier molecular flexibility index (Phi) is 5.43. The van der Waals surface area contributed by atoms with E-state index in [1.54, 1.807) is 13.0 Å². The minimum atomic E-state index is -4.73. The van der Waals surface area contributed by atoms with E-state index in [9.17, 15) is 18.0 Å². The molecule has 0 saturated heterocycles. The van der Waals surface area contributed by atoms with Gasteiger partial charge in [-0.05, 0) is 41.2 Å². The Balaban J connectivity index is 2.47. The molecule has 126 valence electrons. The van der Waals surface area contributed by atoms with Crippen LogP contribution >= 0.6 is 22.6 Å². The quantitative estimate of drug-likeness (QED) is 0.524. The molecule has 1 aliphatic rings. The predicted octanol–water partition coefficient (Wildman–Crippen LogP) is 3.96. The van der Waals surface area contributed by atoms with Crippen molar-refractivity contribution in [2.24, 2.45) is 0 Å². The van der Waals surface area contributed by atoms with Crippen LogP contribution < -0.4 is 9.47 Å². The third kappa shape index (κ3) is 3.91. The van der Waals surface area contributed by atoms with E-state index >= 15 is 0 Å². The summed E-state index contributed by atoms with van der Waals surface area (Å²) in [5.74, 6) is -0.613. The van der Waals surface area contributed by atoms with Gasteiger partial charge in [-0.2, -0.15) is 13.2 Å². The molecule has 0 spiro atoms. The molecule has 23 heavy (non-hydrogen) atoms. The van der Waals surface area contributed by atoms with E-state index < -0.39 is 23.8 Å². The van der Waals surface area contributed by atoms with Crippen LogP contribution in [0.1, 0.15) is 18.9 Å². The smallest absolute Gasteiger partial charge is 0.430 e. The Morgan fingerprint density at radius 3 is 2.65 bits per heavy atom. The predicted molar refractivity (Wildman–Crippen MR) is 85.4 cm³/mol. The number of carbonyl (C=O) groups is 1. The Morgan fingerprint density at radius 1 is 1.39 bits per heavy atom. The van der Waals surface area contributed by atoms with Gasteiger partial charge in [0.05, 0.1) is 22.9 Å². The van der Waals surface area contributed by atoms with Crippen LogP contribution in [-0.4, -0.2) is 32.0 Å². The summed E-state index contributed by atoms with van der Waals surface area (Å²) in [4.78, 5) is 11.9. The van der Waals surface area contributed by atoms with Gasteiger partial charge in [-0.1, -0.05) is 6.92 Å². The molecule has 1 unspecified atom stereocenters. The monoisotopic (exact) mass is 442 g/mol. The van der Waals surface area contributed by atoms with E-state index in [1.165, 1.54) is 13.2 Å². The maximum Gasteiger partial charge on any atom is 0.430 e. The fourth-order valence-electron chi connectivity index (χ4n) is 2.04. The van der Waals surface area contributed by atoms with Crippen LogP contribution in [0, 0.1) is 3.57 Å². The number of carbonyl (C=O) groups excluding carboxylic acids is 1. The highest BCUT2D eigenvalue weighted by atomic mass is 127. The lowest BCUT2D eigenvalue weighted by Gasteiger charge is -2.28. The Bertz CT molecular complexity index is 640. The number of halogens is 4. The van der Waals surface area contributed by atoms with E-state index in [-0.39, 0.29) is 12.4 Å². The summed E-state index contributed by atoms with van der Waals surface area (Å²) in [5.41, 5.74) is -0.182. The number of ether oxygens (including phenoxy) is 3. The number of esters is 1. The molecule has 0 bridgehead atoms. The van der Waals surface area contributed by atoms with Gasteiger partial charge in [0.15, 0.2) is 0 Å². The minimum absolute atomic E-state index is 0.0108. The summed E-state index contributed by atoms with van der Waals surface area (Å²) in [6, 6.07) is 2.97. The van der Waals surface area contributed by atoms with Crippen molar-refractivity contribution in [3.05, 3.63) is 26.8 Å². The molecule has 0 aromatic heterocycles. The van der Waals surface area contributed by atoms with E-state index in [2.05, 4.69) is 0 Å². The molecule has 0 N–H and O–H groups in total. The first kappa shape index (κ1) is 17.9. The average Bonchev–Trinajstić information content (AvgIpc) is 2.49. The highest BCUT2D eigenvalue weighted by molar-refractivity contribution is 14.1. The molecule has 1 atom stereocenters. The van der Waals surface area contributed by atoms with Gasteiger partial charge in [-0.25, -0.2) is 4.79 Å². The summed E-state index contributed by atoms with van der Waals surface area (Å²) in [5, 5.41) is 0. The Hall–Kier alpha value is -1.45. The standard InChI is InChI=1S/C15H14F3IO4/c1-3-4-22-14(20)9-5-8-6-10(19)12(21-2)7-11(8)23-13(9)15(16,17)18/h5-7,13H,3-4H2,1-2H3. The lowest BCUT2D eigenvalue weighted by atomic mass is 10.0. The third-order valence-corrected chi connectivity index (χ3v) is 3.94. The van der Waals surface area contributed by atoms with Gasteiger partial charge in [0.1, 0.15) is 11.5 Å². The van der Waals surface area contributed by atoms with Gasteiger partial charge in [0.2, 0.25) is 6.10 Å². The molecule has 1 aromatic carbocycles. The highest BCUT2D eigenvalue weighted by Gasteiger charge is 2.49. The van der Waals surface area contributed by atoms with Crippen molar-refractivity contribution in [2.75, 3.05) is 13.7 Å². The fraction of sp³-hybridized carbons (Fsp3) is 0.400. The second-order valence-corrected chi connectivity index (χ2v) is 5.96. The van der Waals surface area contributed by atoms with E-state index in [0.717, 1.165) is 6.08 Å². The molecule has 0 fully saturated rings. The van der Waals surface area contributed by atoms with Crippen LogP contribution in [0.5, 0.6) is 11.5 Å². The lowest BCUT2D eigenvalue weighted by Crippen LogP contribution is -2.40. The number of rotatable bonds is 4. The molecule has 0 saturated carbocycles. The van der Waals surface area contributed by atoms with Crippen molar-refractivity contribution in [1.82, 2.24) is 0 Å². The Labute approximate surface area is 144 Å². The molecular formula is C15H14F3IO4. The van der Waals surface area contributed by atoms with Crippen LogP contribution in [0.3, 0.4) is 0 Å². The van der Waals surface area contributed by atoms with Gasteiger partial charge >= 0.3 is 12.1 Å². The number of hydrogen-bond acceptors (Lipinski definition) is 4. The van der Waals surface area contributed by atoms with E-state index in [0.29, 0.717) is 21.3 Å². The van der Waals surface area contributed by atoms with Crippen molar-refractivity contribution in [2.45, 2.75) is 25.6 Å². The molecule has 1 aliphatic heterocycles. The number of alkyl halides is 3. The van der Waals surface area contributed by atoms with Crippen molar-refractivity contribution in [3.8, 4) is 11.5 Å². The van der Waals surface area contributed by atoms with Gasteiger partial charge in [-0.3, -0.25) is 0 Å².